The van der Waals surface area contributed by atoms with Gasteiger partial charge in [-0.05, 0) is 56.0 Å². The third kappa shape index (κ3) is 5.42. The lowest BCUT2D eigenvalue weighted by Gasteiger charge is -2.17. The van der Waals surface area contributed by atoms with Crippen molar-refractivity contribution in [1.29, 1.82) is 0 Å². The third-order valence-corrected chi connectivity index (χ3v) is 5.29. The second-order valence-electron chi connectivity index (χ2n) is 7.12. The van der Waals surface area contributed by atoms with E-state index in [0.717, 1.165) is 28.2 Å². The maximum atomic E-state index is 12.7. The maximum absolute atomic E-state index is 12.7. The number of ether oxygens (including phenoxy) is 1. The van der Waals surface area contributed by atoms with Gasteiger partial charge in [-0.3, -0.25) is 10.1 Å². The van der Waals surface area contributed by atoms with Crippen LogP contribution >= 0.6 is 11.3 Å². The second-order valence-corrected chi connectivity index (χ2v) is 8.24. The van der Waals surface area contributed by atoms with Crippen LogP contribution < -0.4 is 10.1 Å². The summed E-state index contributed by atoms with van der Waals surface area (Å²) in [5.41, 5.74) is 4.72. The van der Waals surface area contributed by atoms with Crippen LogP contribution in [0.4, 0.5) is 5.13 Å². The van der Waals surface area contributed by atoms with Crippen molar-refractivity contribution in [1.82, 2.24) is 4.98 Å². The molecule has 1 N–H and O–H groups in total. The Morgan fingerprint density at radius 1 is 1.11 bits per heavy atom. The molecule has 28 heavy (non-hydrogen) atoms. The van der Waals surface area contributed by atoms with Crippen molar-refractivity contribution >= 4 is 22.4 Å². The highest BCUT2D eigenvalue weighted by Crippen LogP contribution is 2.23. The van der Waals surface area contributed by atoms with Gasteiger partial charge >= 0.3 is 0 Å². The molecule has 146 valence electrons. The Morgan fingerprint density at radius 2 is 1.86 bits per heavy atom. The predicted molar refractivity (Wildman–Crippen MR) is 115 cm³/mol. The molecular formula is C23H26N2O2S. The number of carbonyl (C=O) groups excluding carboxylic acids is 1. The van der Waals surface area contributed by atoms with Crippen LogP contribution in [0.25, 0.3) is 0 Å². The SMILES string of the molecule is CCC(Oc1cc(C)cc(C)c1)C(=O)Nc1ncc(Cc2cccc(C)c2)s1. The summed E-state index contributed by atoms with van der Waals surface area (Å²) in [5.74, 6) is 0.553. The van der Waals surface area contributed by atoms with Gasteiger partial charge in [0.2, 0.25) is 0 Å². The van der Waals surface area contributed by atoms with Gasteiger partial charge < -0.3 is 4.74 Å². The highest BCUT2D eigenvalue weighted by Gasteiger charge is 2.20. The number of amides is 1. The lowest BCUT2D eigenvalue weighted by atomic mass is 10.1. The number of carbonyl (C=O) groups is 1. The van der Waals surface area contributed by atoms with E-state index >= 15 is 0 Å². The number of nitrogens with zero attached hydrogens (tertiary/aromatic N) is 1. The fraction of sp³-hybridized carbons (Fsp3) is 0.304. The minimum absolute atomic E-state index is 0.168. The number of aromatic nitrogens is 1. The monoisotopic (exact) mass is 394 g/mol. The van der Waals surface area contributed by atoms with Crippen molar-refractivity contribution in [2.24, 2.45) is 0 Å². The largest absolute Gasteiger partial charge is 0.481 e. The fourth-order valence-corrected chi connectivity index (χ4v) is 3.99. The van der Waals surface area contributed by atoms with Crippen molar-refractivity contribution in [3.05, 3.63) is 75.8 Å². The molecule has 0 aliphatic carbocycles. The van der Waals surface area contributed by atoms with Gasteiger partial charge in [-0.2, -0.15) is 0 Å². The molecule has 3 aromatic rings. The summed E-state index contributed by atoms with van der Waals surface area (Å²) < 4.78 is 5.94. The first-order valence-corrected chi connectivity index (χ1v) is 10.3. The van der Waals surface area contributed by atoms with Crippen molar-refractivity contribution in [2.75, 3.05) is 5.32 Å². The quantitative estimate of drug-likeness (QED) is 0.579. The number of hydrogen-bond acceptors (Lipinski definition) is 4. The summed E-state index contributed by atoms with van der Waals surface area (Å²) in [7, 11) is 0. The molecule has 4 nitrogen and oxygen atoms in total. The molecule has 2 aromatic carbocycles. The van der Waals surface area contributed by atoms with Crippen LogP contribution in [0.2, 0.25) is 0 Å². The summed E-state index contributed by atoms with van der Waals surface area (Å²) in [5, 5.41) is 3.51. The molecule has 0 bridgehead atoms. The first-order valence-electron chi connectivity index (χ1n) is 9.49. The average molecular weight is 395 g/mol. The van der Waals surface area contributed by atoms with Gasteiger partial charge in [-0.15, -0.1) is 11.3 Å². The third-order valence-electron chi connectivity index (χ3n) is 4.38. The van der Waals surface area contributed by atoms with Gasteiger partial charge in [-0.1, -0.05) is 42.8 Å². The number of nitrogens with one attached hydrogen (secondary N) is 1. The van der Waals surface area contributed by atoms with Gasteiger partial charge in [0.25, 0.3) is 5.91 Å². The minimum Gasteiger partial charge on any atom is -0.481 e. The number of thiazole rings is 1. The summed E-state index contributed by atoms with van der Waals surface area (Å²) in [6.07, 6.45) is 2.67. The zero-order valence-electron chi connectivity index (χ0n) is 16.8. The molecule has 0 aliphatic rings. The summed E-state index contributed by atoms with van der Waals surface area (Å²) in [4.78, 5) is 18.1. The van der Waals surface area contributed by atoms with Crippen LogP contribution in [0.1, 0.15) is 40.5 Å². The molecule has 1 heterocycles. The van der Waals surface area contributed by atoms with Crippen LogP contribution in [-0.2, 0) is 11.2 Å². The van der Waals surface area contributed by atoms with Crippen LogP contribution in [0.5, 0.6) is 5.75 Å². The van der Waals surface area contributed by atoms with Crippen molar-refractivity contribution in [2.45, 2.75) is 46.6 Å². The van der Waals surface area contributed by atoms with E-state index in [4.69, 9.17) is 4.74 Å². The summed E-state index contributed by atoms with van der Waals surface area (Å²) in [6, 6.07) is 14.4. The zero-order valence-corrected chi connectivity index (χ0v) is 17.6. The van der Waals surface area contributed by atoms with Crippen LogP contribution in [-0.4, -0.2) is 17.0 Å². The van der Waals surface area contributed by atoms with E-state index in [1.54, 1.807) is 0 Å². The van der Waals surface area contributed by atoms with Crippen LogP contribution in [0, 0.1) is 20.8 Å². The molecule has 1 amide bonds. The first kappa shape index (κ1) is 20.1. The molecule has 0 fully saturated rings. The first-order chi connectivity index (χ1) is 13.4. The van der Waals surface area contributed by atoms with E-state index < -0.39 is 6.10 Å². The minimum atomic E-state index is -0.551. The molecule has 5 heteroatoms. The Balaban J connectivity index is 1.63. The van der Waals surface area contributed by atoms with E-state index in [-0.39, 0.29) is 5.91 Å². The molecule has 1 aromatic heterocycles. The lowest BCUT2D eigenvalue weighted by molar-refractivity contribution is -0.122. The number of hydrogen-bond donors (Lipinski definition) is 1. The van der Waals surface area contributed by atoms with E-state index in [2.05, 4.69) is 47.6 Å². The standard InChI is InChI=1S/C23H26N2O2S/c1-5-21(27-19-11-16(3)9-17(4)12-19)22(26)25-23-24-14-20(28-23)13-18-8-6-7-15(2)10-18/h6-12,14,21H,5,13H2,1-4H3,(H,24,25,26). The predicted octanol–water partition coefficient (Wildman–Crippen LogP) is 5.46. The number of aryl methyl sites for hydroxylation is 3. The van der Waals surface area contributed by atoms with Gasteiger partial charge in [-0.25, -0.2) is 4.98 Å². The molecule has 1 unspecified atom stereocenters. The second kappa shape index (κ2) is 9.02. The molecule has 0 radical (unpaired) electrons. The Bertz CT molecular complexity index is 944. The Kier molecular flexibility index (Phi) is 6.47. The Morgan fingerprint density at radius 3 is 2.54 bits per heavy atom. The molecule has 0 spiro atoms. The van der Waals surface area contributed by atoms with Gasteiger partial charge in [0.15, 0.2) is 11.2 Å². The Hall–Kier alpha value is -2.66. The van der Waals surface area contributed by atoms with Crippen molar-refractivity contribution < 1.29 is 9.53 Å². The fourth-order valence-electron chi connectivity index (χ4n) is 3.14. The zero-order chi connectivity index (χ0) is 20.1. The maximum Gasteiger partial charge on any atom is 0.267 e. The van der Waals surface area contributed by atoms with Crippen molar-refractivity contribution in [3.63, 3.8) is 0 Å². The smallest absolute Gasteiger partial charge is 0.267 e. The summed E-state index contributed by atoms with van der Waals surface area (Å²) in [6.45, 7) is 8.07. The number of benzene rings is 2. The highest BCUT2D eigenvalue weighted by molar-refractivity contribution is 7.15. The van der Waals surface area contributed by atoms with E-state index in [1.165, 1.54) is 22.5 Å². The summed E-state index contributed by atoms with van der Waals surface area (Å²) >= 11 is 1.50. The molecule has 0 saturated carbocycles. The number of rotatable bonds is 7. The van der Waals surface area contributed by atoms with Crippen LogP contribution in [0.15, 0.2) is 48.7 Å². The van der Waals surface area contributed by atoms with E-state index in [1.807, 2.05) is 39.1 Å². The van der Waals surface area contributed by atoms with E-state index in [0.29, 0.717) is 11.6 Å². The lowest BCUT2D eigenvalue weighted by Crippen LogP contribution is -2.32. The topological polar surface area (TPSA) is 51.2 Å². The van der Waals surface area contributed by atoms with Crippen molar-refractivity contribution in [3.8, 4) is 5.75 Å². The average Bonchev–Trinajstić information content (AvgIpc) is 3.05. The van der Waals surface area contributed by atoms with E-state index in [9.17, 15) is 4.79 Å². The van der Waals surface area contributed by atoms with Gasteiger partial charge in [0, 0.05) is 17.5 Å². The molecule has 0 aliphatic heterocycles. The molecule has 1 atom stereocenters. The highest BCUT2D eigenvalue weighted by atomic mass is 32.1. The van der Waals surface area contributed by atoms with Crippen LogP contribution in [0.3, 0.4) is 0 Å². The molecule has 0 saturated heterocycles. The molecule has 3 rings (SSSR count). The van der Waals surface area contributed by atoms with Gasteiger partial charge in [0.1, 0.15) is 5.75 Å². The number of anilines is 1. The Labute approximate surface area is 170 Å². The molecular weight excluding hydrogens is 368 g/mol. The van der Waals surface area contributed by atoms with Gasteiger partial charge in [0.05, 0.1) is 0 Å². The normalized spacial score (nSPS) is 11.9.